The monoisotopic (exact) mass is 466 g/mol. The molecular weight excluding hydrogens is 445 g/mol. The van der Waals surface area contributed by atoms with Gasteiger partial charge in [-0.1, -0.05) is 12.7 Å². The van der Waals surface area contributed by atoms with Gasteiger partial charge in [-0.05, 0) is 62.7 Å². The molecule has 0 fully saturated rings. The fourth-order valence-corrected chi connectivity index (χ4v) is 5.20. The zero-order chi connectivity index (χ0) is 23.6. The van der Waals surface area contributed by atoms with Crippen molar-refractivity contribution in [3.8, 4) is 5.75 Å². The van der Waals surface area contributed by atoms with Crippen LogP contribution in [0.5, 0.6) is 5.75 Å². The summed E-state index contributed by atoms with van der Waals surface area (Å²) in [6.07, 6.45) is -9.07. The lowest BCUT2D eigenvalue weighted by molar-refractivity contribution is -0.142. The smallest absolute Gasteiger partial charge is 0.416 e. The second kappa shape index (κ2) is 9.09. The van der Waals surface area contributed by atoms with E-state index in [-0.39, 0.29) is 29.6 Å². The summed E-state index contributed by atoms with van der Waals surface area (Å²) in [5, 5.41) is -0.787. The highest BCUT2D eigenvalue weighted by atomic mass is 31.2. The van der Waals surface area contributed by atoms with Crippen molar-refractivity contribution in [3.05, 3.63) is 59.7 Å². The third kappa shape index (κ3) is 5.71. The Morgan fingerprint density at radius 2 is 1.55 bits per heavy atom. The molecule has 170 valence electrons. The van der Waals surface area contributed by atoms with Crippen molar-refractivity contribution in [2.75, 3.05) is 6.61 Å². The standard InChI is InChI=1S/C21H21F6O3P/c1-5-14-9-17(30-13(3)4)7-8-19(14)31(28,29-6-2)18-11-15(20(22,23)24)10-16(12-18)21(25,26)27/h5,7-13H,1,6H2,2-4H3. The molecule has 0 aliphatic carbocycles. The molecule has 0 saturated carbocycles. The van der Waals surface area contributed by atoms with Gasteiger partial charge in [0.15, 0.2) is 0 Å². The van der Waals surface area contributed by atoms with Crippen LogP contribution in [0, 0.1) is 0 Å². The maximum Gasteiger partial charge on any atom is 0.416 e. The Balaban J connectivity index is 2.80. The number of ether oxygens (including phenoxy) is 1. The number of hydrogen-bond donors (Lipinski definition) is 0. The molecule has 2 rings (SSSR count). The topological polar surface area (TPSA) is 35.5 Å². The van der Waals surface area contributed by atoms with Gasteiger partial charge in [0.2, 0.25) is 0 Å². The Morgan fingerprint density at radius 1 is 1.00 bits per heavy atom. The van der Waals surface area contributed by atoms with Crippen molar-refractivity contribution in [3.63, 3.8) is 0 Å². The van der Waals surface area contributed by atoms with Crippen LogP contribution in [0.15, 0.2) is 43.0 Å². The highest BCUT2D eigenvalue weighted by molar-refractivity contribution is 7.74. The highest BCUT2D eigenvalue weighted by Crippen LogP contribution is 2.48. The minimum absolute atomic E-state index is 0.0201. The number of halogens is 6. The Hall–Kier alpha value is -2.25. The molecule has 0 N–H and O–H groups in total. The van der Waals surface area contributed by atoms with Gasteiger partial charge in [0.25, 0.3) is 7.37 Å². The lowest BCUT2D eigenvalue weighted by Crippen LogP contribution is -2.24. The van der Waals surface area contributed by atoms with Crippen LogP contribution < -0.4 is 15.3 Å². The van der Waals surface area contributed by atoms with Crippen LogP contribution >= 0.6 is 7.37 Å². The number of rotatable bonds is 7. The molecular formula is C21H21F6O3P. The van der Waals surface area contributed by atoms with E-state index in [4.69, 9.17) is 9.26 Å². The van der Waals surface area contributed by atoms with Gasteiger partial charge in [-0.25, -0.2) is 0 Å². The first-order chi connectivity index (χ1) is 14.2. The SMILES string of the molecule is C=Cc1cc(OC(C)C)ccc1P(=O)(OCC)c1cc(C(F)(F)F)cc(C(F)(F)F)c1. The Labute approximate surface area is 176 Å². The largest absolute Gasteiger partial charge is 0.491 e. The van der Waals surface area contributed by atoms with Crippen LogP contribution in [0.1, 0.15) is 37.5 Å². The van der Waals surface area contributed by atoms with E-state index in [0.717, 1.165) is 0 Å². The minimum atomic E-state index is -5.08. The molecule has 3 nitrogen and oxygen atoms in total. The summed E-state index contributed by atoms with van der Waals surface area (Å²) < 4.78 is 105. The minimum Gasteiger partial charge on any atom is -0.491 e. The lowest BCUT2D eigenvalue weighted by atomic mass is 10.1. The predicted molar refractivity (Wildman–Crippen MR) is 107 cm³/mol. The quantitative estimate of drug-likeness (QED) is 0.349. The van der Waals surface area contributed by atoms with Crippen molar-refractivity contribution in [1.29, 1.82) is 0 Å². The lowest BCUT2D eigenvalue weighted by Gasteiger charge is -2.23. The zero-order valence-corrected chi connectivity index (χ0v) is 17.9. The van der Waals surface area contributed by atoms with Gasteiger partial charge in [-0.2, -0.15) is 26.3 Å². The first kappa shape index (κ1) is 25.0. The van der Waals surface area contributed by atoms with Gasteiger partial charge in [0.05, 0.1) is 23.8 Å². The Morgan fingerprint density at radius 3 is 1.97 bits per heavy atom. The van der Waals surface area contributed by atoms with Crippen LogP contribution in [0.4, 0.5) is 26.3 Å². The van der Waals surface area contributed by atoms with E-state index in [9.17, 15) is 30.9 Å². The summed E-state index contributed by atoms with van der Waals surface area (Å²) in [6.45, 7) is 8.37. The maximum atomic E-state index is 13.8. The highest BCUT2D eigenvalue weighted by Gasteiger charge is 2.40. The average Bonchev–Trinajstić information content (AvgIpc) is 2.65. The molecule has 0 radical (unpaired) electrons. The molecule has 0 amide bonds. The zero-order valence-electron chi connectivity index (χ0n) is 17.0. The number of alkyl halides is 6. The molecule has 0 heterocycles. The molecule has 0 spiro atoms. The van der Waals surface area contributed by atoms with E-state index in [1.807, 2.05) is 0 Å². The normalized spacial score (nSPS) is 14.4. The first-order valence-electron chi connectivity index (χ1n) is 9.20. The summed E-state index contributed by atoms with van der Waals surface area (Å²) in [7, 11) is -4.35. The fraction of sp³-hybridized carbons (Fsp3) is 0.333. The van der Waals surface area contributed by atoms with Gasteiger partial charge in [0.1, 0.15) is 5.75 Å². The number of benzene rings is 2. The molecule has 0 saturated heterocycles. The van der Waals surface area contributed by atoms with E-state index in [2.05, 4.69) is 6.58 Å². The van der Waals surface area contributed by atoms with E-state index in [1.54, 1.807) is 13.8 Å². The average molecular weight is 466 g/mol. The summed E-state index contributed by atoms with van der Waals surface area (Å²) in [5.41, 5.74) is -2.93. The molecule has 0 aliphatic heterocycles. The maximum absolute atomic E-state index is 13.8. The van der Waals surface area contributed by atoms with Crippen molar-refractivity contribution in [2.45, 2.75) is 39.2 Å². The van der Waals surface area contributed by atoms with Crippen molar-refractivity contribution in [1.82, 2.24) is 0 Å². The van der Waals surface area contributed by atoms with Crippen LogP contribution in [0.3, 0.4) is 0 Å². The van der Waals surface area contributed by atoms with Crippen molar-refractivity contribution >= 4 is 24.1 Å². The second-order valence-electron chi connectivity index (χ2n) is 6.82. The molecule has 0 aliphatic rings. The van der Waals surface area contributed by atoms with Crippen molar-refractivity contribution in [2.24, 2.45) is 0 Å². The van der Waals surface area contributed by atoms with E-state index >= 15 is 0 Å². The molecule has 2 aromatic carbocycles. The van der Waals surface area contributed by atoms with E-state index < -0.39 is 36.2 Å². The fourth-order valence-electron chi connectivity index (χ4n) is 2.88. The molecule has 0 aromatic heterocycles. The molecule has 1 unspecified atom stereocenters. The van der Waals surface area contributed by atoms with Gasteiger partial charge in [-0.3, -0.25) is 4.57 Å². The third-order valence-corrected chi connectivity index (χ3v) is 6.73. The molecule has 10 heteroatoms. The van der Waals surface area contributed by atoms with Gasteiger partial charge >= 0.3 is 12.4 Å². The van der Waals surface area contributed by atoms with Crippen LogP contribution in [0.2, 0.25) is 0 Å². The summed E-state index contributed by atoms with van der Waals surface area (Å²) >= 11 is 0. The van der Waals surface area contributed by atoms with E-state index in [1.165, 1.54) is 31.2 Å². The van der Waals surface area contributed by atoms with Crippen LogP contribution in [-0.4, -0.2) is 12.7 Å². The third-order valence-electron chi connectivity index (χ3n) is 4.13. The number of hydrogen-bond acceptors (Lipinski definition) is 3. The Kier molecular flexibility index (Phi) is 7.33. The van der Waals surface area contributed by atoms with Gasteiger partial charge < -0.3 is 9.26 Å². The first-order valence-corrected chi connectivity index (χ1v) is 10.8. The van der Waals surface area contributed by atoms with Gasteiger partial charge in [-0.15, -0.1) is 0 Å². The van der Waals surface area contributed by atoms with Crippen molar-refractivity contribution < 1.29 is 40.2 Å². The predicted octanol–water partition coefficient (Wildman–Crippen LogP) is 6.42. The molecule has 0 bridgehead atoms. The summed E-state index contributed by atoms with van der Waals surface area (Å²) in [6, 6.07) is 5.01. The second-order valence-corrected chi connectivity index (χ2v) is 9.18. The van der Waals surface area contributed by atoms with Crippen LogP contribution in [0.25, 0.3) is 6.08 Å². The molecule has 2 aromatic rings. The summed E-state index contributed by atoms with van der Waals surface area (Å²) in [4.78, 5) is 0. The molecule has 31 heavy (non-hydrogen) atoms. The summed E-state index contributed by atoms with van der Waals surface area (Å²) in [5.74, 6) is 0.372. The van der Waals surface area contributed by atoms with E-state index in [0.29, 0.717) is 17.9 Å². The Bertz CT molecular complexity index is 963. The van der Waals surface area contributed by atoms with Crippen LogP contribution in [-0.2, 0) is 21.4 Å². The molecule has 1 atom stereocenters. The van der Waals surface area contributed by atoms with Gasteiger partial charge in [0, 0.05) is 10.6 Å².